The van der Waals surface area contributed by atoms with Crippen molar-refractivity contribution in [1.29, 1.82) is 0 Å². The zero-order valence-electron chi connectivity index (χ0n) is 13.7. The van der Waals surface area contributed by atoms with E-state index in [-0.39, 0.29) is 20.3 Å². The van der Waals surface area contributed by atoms with E-state index in [2.05, 4.69) is 4.98 Å². The monoisotopic (exact) mass is 283 g/mol. The molecule has 0 saturated carbocycles. The van der Waals surface area contributed by atoms with Crippen molar-refractivity contribution >= 4 is 16.7 Å². The summed E-state index contributed by atoms with van der Waals surface area (Å²) in [5.41, 5.74) is 0.663. The summed E-state index contributed by atoms with van der Waals surface area (Å²) < 4.78 is 10.8. The second-order valence-electron chi connectivity index (χ2n) is 4.45. The van der Waals surface area contributed by atoms with Crippen molar-refractivity contribution in [2.45, 2.75) is 19.8 Å². The largest absolute Gasteiger partial charge is 1.00 e. The van der Waals surface area contributed by atoms with E-state index in [4.69, 9.17) is 9.47 Å². The Balaban J connectivity index is 0.00000220. The number of fused-ring (bicyclic) bond motifs is 1. The Morgan fingerprint density at radius 1 is 1.38 bits per heavy atom. The summed E-state index contributed by atoms with van der Waals surface area (Å²) in [6.07, 6.45) is 3.27. The SMILES string of the molecule is CCOc1cc2cncc(C(C)C(=O)O)c2cc1OC.[H-].[Li+]. The number of hydrogen-bond acceptors (Lipinski definition) is 4. The topological polar surface area (TPSA) is 68.7 Å². The van der Waals surface area contributed by atoms with Gasteiger partial charge in [-0.3, -0.25) is 9.78 Å². The Morgan fingerprint density at radius 2 is 2.10 bits per heavy atom. The van der Waals surface area contributed by atoms with Crippen molar-refractivity contribution in [2.75, 3.05) is 13.7 Å². The molecule has 2 aromatic rings. The molecule has 1 aromatic carbocycles. The van der Waals surface area contributed by atoms with Crippen LogP contribution in [0.25, 0.3) is 10.8 Å². The van der Waals surface area contributed by atoms with E-state index in [1.807, 2.05) is 13.0 Å². The molecule has 6 heteroatoms. The van der Waals surface area contributed by atoms with Crippen LogP contribution in [-0.4, -0.2) is 29.8 Å². The molecule has 5 nitrogen and oxygen atoms in total. The molecule has 2 rings (SSSR count). The molecule has 0 radical (unpaired) electrons. The number of benzene rings is 1. The van der Waals surface area contributed by atoms with Crippen LogP contribution in [0.15, 0.2) is 24.5 Å². The van der Waals surface area contributed by atoms with Gasteiger partial charge in [-0.15, -0.1) is 0 Å². The van der Waals surface area contributed by atoms with Crippen LogP contribution in [0.2, 0.25) is 0 Å². The van der Waals surface area contributed by atoms with E-state index in [1.54, 1.807) is 32.5 Å². The Kier molecular flexibility index (Phi) is 6.07. The minimum Gasteiger partial charge on any atom is -1.00 e. The van der Waals surface area contributed by atoms with E-state index in [0.29, 0.717) is 23.7 Å². The maximum atomic E-state index is 11.2. The summed E-state index contributed by atoms with van der Waals surface area (Å²) in [5, 5.41) is 10.8. The fourth-order valence-corrected chi connectivity index (χ4v) is 2.11. The minimum atomic E-state index is -0.882. The average Bonchev–Trinajstić information content (AvgIpc) is 2.45. The van der Waals surface area contributed by atoms with E-state index in [9.17, 15) is 9.90 Å². The zero-order chi connectivity index (χ0) is 14.7. The molecule has 1 heterocycles. The molecule has 1 aromatic heterocycles. The van der Waals surface area contributed by atoms with Gasteiger partial charge in [-0.2, -0.15) is 0 Å². The van der Waals surface area contributed by atoms with E-state index in [1.165, 1.54) is 0 Å². The van der Waals surface area contributed by atoms with Gasteiger partial charge in [-0.05, 0) is 36.9 Å². The van der Waals surface area contributed by atoms with Crippen LogP contribution < -0.4 is 28.3 Å². The minimum absolute atomic E-state index is 0. The van der Waals surface area contributed by atoms with Gasteiger partial charge in [0.25, 0.3) is 0 Å². The van der Waals surface area contributed by atoms with Crippen molar-refractivity contribution < 1.29 is 39.7 Å². The first-order chi connectivity index (χ1) is 9.58. The first-order valence-electron chi connectivity index (χ1n) is 6.39. The summed E-state index contributed by atoms with van der Waals surface area (Å²) in [7, 11) is 1.56. The molecule has 0 aliphatic heterocycles. The number of carbonyl (C=O) groups is 1. The molecule has 0 spiro atoms. The third-order valence-electron chi connectivity index (χ3n) is 3.21. The summed E-state index contributed by atoms with van der Waals surface area (Å²) in [6, 6.07) is 3.62. The van der Waals surface area contributed by atoms with Gasteiger partial charge in [0.05, 0.1) is 19.6 Å². The van der Waals surface area contributed by atoms with Gasteiger partial charge in [0.2, 0.25) is 0 Å². The second kappa shape index (κ2) is 7.35. The van der Waals surface area contributed by atoms with Crippen molar-refractivity contribution in [3.8, 4) is 11.5 Å². The van der Waals surface area contributed by atoms with Crippen LogP contribution in [0, 0.1) is 0 Å². The second-order valence-corrected chi connectivity index (χ2v) is 4.45. The molecule has 108 valence electrons. The summed E-state index contributed by atoms with van der Waals surface area (Å²) in [5.74, 6) is -0.296. The van der Waals surface area contributed by atoms with Gasteiger partial charge in [0.1, 0.15) is 0 Å². The quantitative estimate of drug-likeness (QED) is 0.779. The fourth-order valence-electron chi connectivity index (χ4n) is 2.11. The number of carboxylic acids is 1. The summed E-state index contributed by atoms with van der Waals surface area (Å²) >= 11 is 0. The van der Waals surface area contributed by atoms with Gasteiger partial charge in [-0.25, -0.2) is 0 Å². The van der Waals surface area contributed by atoms with Crippen molar-refractivity contribution in [1.82, 2.24) is 4.98 Å². The first kappa shape index (κ1) is 17.3. The number of ether oxygens (including phenoxy) is 2. The maximum absolute atomic E-state index is 11.2. The normalized spacial score (nSPS) is 11.6. The molecule has 0 amide bonds. The zero-order valence-corrected chi connectivity index (χ0v) is 12.7. The summed E-state index contributed by atoms with van der Waals surface area (Å²) in [4.78, 5) is 15.3. The molecule has 1 unspecified atom stereocenters. The van der Waals surface area contributed by atoms with Gasteiger partial charge < -0.3 is 16.0 Å². The van der Waals surface area contributed by atoms with Crippen LogP contribution >= 0.6 is 0 Å². The van der Waals surface area contributed by atoms with Crippen LogP contribution in [0.5, 0.6) is 11.5 Å². The molecule has 0 saturated heterocycles. The fraction of sp³-hybridized carbons (Fsp3) is 0.333. The Labute approximate surface area is 136 Å². The molecular weight excluding hydrogens is 265 g/mol. The smallest absolute Gasteiger partial charge is 1.00 e. The molecule has 0 bridgehead atoms. The molecule has 21 heavy (non-hydrogen) atoms. The van der Waals surface area contributed by atoms with Gasteiger partial charge in [-0.1, -0.05) is 0 Å². The van der Waals surface area contributed by atoms with Crippen LogP contribution in [-0.2, 0) is 4.79 Å². The van der Waals surface area contributed by atoms with Crippen molar-refractivity contribution in [3.05, 3.63) is 30.1 Å². The van der Waals surface area contributed by atoms with Crippen LogP contribution in [0.1, 0.15) is 26.8 Å². The molecule has 1 atom stereocenters. The van der Waals surface area contributed by atoms with Gasteiger partial charge in [0.15, 0.2) is 11.5 Å². The Hall–Kier alpha value is -1.70. The van der Waals surface area contributed by atoms with Crippen LogP contribution in [0.4, 0.5) is 0 Å². The molecular formula is C15H18LiNO4. The number of rotatable bonds is 5. The molecule has 0 aliphatic rings. The maximum Gasteiger partial charge on any atom is 1.00 e. The molecule has 0 aliphatic carbocycles. The third kappa shape index (κ3) is 3.49. The number of carboxylic acid groups (broad SMARTS) is 1. The van der Waals surface area contributed by atoms with Gasteiger partial charge >= 0.3 is 24.8 Å². The number of pyridine rings is 1. The summed E-state index contributed by atoms with van der Waals surface area (Å²) in [6.45, 7) is 4.06. The van der Waals surface area contributed by atoms with Crippen LogP contribution in [0.3, 0.4) is 0 Å². The number of aliphatic carboxylic acids is 1. The van der Waals surface area contributed by atoms with E-state index < -0.39 is 11.9 Å². The van der Waals surface area contributed by atoms with Crippen molar-refractivity contribution in [3.63, 3.8) is 0 Å². The number of hydrogen-bond donors (Lipinski definition) is 1. The predicted molar refractivity (Wildman–Crippen MR) is 76.6 cm³/mol. The number of aromatic nitrogens is 1. The van der Waals surface area contributed by atoms with Crippen molar-refractivity contribution in [2.24, 2.45) is 0 Å². The molecule has 1 N–H and O–H groups in total. The number of nitrogens with zero attached hydrogens (tertiary/aromatic N) is 1. The average molecular weight is 283 g/mol. The standard InChI is InChI=1S/C15H17NO4.Li.H/c1-4-20-14-5-10-7-16-8-12(9(2)15(17)18)11(10)6-13(14)19-3;;/h5-9H,4H2,1-3H3,(H,17,18);;/q;+1;-1. The Morgan fingerprint density at radius 3 is 2.67 bits per heavy atom. The third-order valence-corrected chi connectivity index (χ3v) is 3.21. The first-order valence-corrected chi connectivity index (χ1v) is 6.39. The van der Waals surface area contributed by atoms with E-state index in [0.717, 1.165) is 10.8 Å². The number of methoxy groups -OCH3 is 1. The van der Waals surface area contributed by atoms with E-state index >= 15 is 0 Å². The predicted octanol–water partition coefficient (Wildman–Crippen LogP) is -0.0533. The molecule has 0 fully saturated rings. The Bertz CT molecular complexity index is 651. The van der Waals surface area contributed by atoms with Gasteiger partial charge in [0, 0.05) is 17.8 Å².